The van der Waals surface area contributed by atoms with Crippen molar-refractivity contribution in [3.63, 3.8) is 0 Å². The first kappa shape index (κ1) is 11.4. The van der Waals surface area contributed by atoms with Crippen molar-refractivity contribution in [2.75, 3.05) is 7.11 Å². The number of thioether (sulfide) groups is 1. The largest absolute Gasteiger partial charge is 0.468 e. The lowest BCUT2D eigenvalue weighted by molar-refractivity contribution is -0.140. The number of benzene rings is 2. The van der Waals surface area contributed by atoms with Crippen LogP contribution in [0.2, 0.25) is 0 Å². The minimum absolute atomic E-state index is 0.193. The van der Waals surface area contributed by atoms with Gasteiger partial charge in [0.05, 0.1) is 7.11 Å². The van der Waals surface area contributed by atoms with Gasteiger partial charge in [-0.05, 0) is 22.8 Å². The van der Waals surface area contributed by atoms with Crippen LogP contribution < -0.4 is 0 Å². The van der Waals surface area contributed by atoms with E-state index < -0.39 is 0 Å². The molecule has 3 rings (SSSR count). The molecule has 2 nitrogen and oxygen atoms in total. The molecule has 18 heavy (non-hydrogen) atoms. The monoisotopic (exact) mass is 256 g/mol. The van der Waals surface area contributed by atoms with Gasteiger partial charge in [-0.3, -0.25) is 4.79 Å². The van der Waals surface area contributed by atoms with Crippen molar-refractivity contribution in [1.29, 1.82) is 0 Å². The van der Waals surface area contributed by atoms with E-state index >= 15 is 0 Å². The molecule has 2 aromatic rings. The van der Waals surface area contributed by atoms with Crippen LogP contribution in [0.4, 0.5) is 0 Å². The second-order valence-electron chi connectivity index (χ2n) is 4.10. The quantitative estimate of drug-likeness (QED) is 0.728. The van der Waals surface area contributed by atoms with Gasteiger partial charge in [0.25, 0.3) is 0 Å². The summed E-state index contributed by atoms with van der Waals surface area (Å²) in [5.41, 5.74) is 3.36. The van der Waals surface area contributed by atoms with Crippen molar-refractivity contribution in [2.24, 2.45) is 0 Å². The molecule has 1 aliphatic heterocycles. The molecule has 90 valence electrons. The normalized spacial score (nSPS) is 16.6. The molecular weight excluding hydrogens is 244 g/mol. The summed E-state index contributed by atoms with van der Waals surface area (Å²) in [6.07, 6.45) is 0. The Morgan fingerprint density at radius 1 is 1.06 bits per heavy atom. The summed E-state index contributed by atoms with van der Waals surface area (Å²) in [5, 5.41) is -0.263. The second kappa shape index (κ2) is 4.50. The molecule has 1 aliphatic rings. The Morgan fingerprint density at radius 2 is 1.72 bits per heavy atom. The van der Waals surface area contributed by atoms with Crippen molar-refractivity contribution < 1.29 is 9.53 Å². The Kier molecular flexibility index (Phi) is 2.84. The Balaban J connectivity index is 2.20. The van der Waals surface area contributed by atoms with E-state index in [0.717, 1.165) is 16.0 Å². The number of methoxy groups -OCH3 is 1. The first-order valence-electron chi connectivity index (χ1n) is 5.74. The average molecular weight is 256 g/mol. The molecule has 0 radical (unpaired) electrons. The first-order chi connectivity index (χ1) is 8.81. The van der Waals surface area contributed by atoms with Crippen LogP contribution in [-0.2, 0) is 9.53 Å². The zero-order chi connectivity index (χ0) is 12.5. The minimum atomic E-state index is -0.263. The zero-order valence-corrected chi connectivity index (χ0v) is 10.7. The third kappa shape index (κ3) is 1.71. The zero-order valence-electron chi connectivity index (χ0n) is 9.92. The third-order valence-corrected chi connectivity index (χ3v) is 4.37. The highest BCUT2D eigenvalue weighted by Crippen LogP contribution is 2.48. The van der Waals surface area contributed by atoms with Gasteiger partial charge in [0.2, 0.25) is 0 Å². The average Bonchev–Trinajstić information content (AvgIpc) is 2.45. The van der Waals surface area contributed by atoms with E-state index in [0.29, 0.717) is 0 Å². The summed E-state index contributed by atoms with van der Waals surface area (Å²) < 4.78 is 4.90. The molecule has 0 fully saturated rings. The van der Waals surface area contributed by atoms with Crippen molar-refractivity contribution in [3.05, 3.63) is 54.1 Å². The van der Waals surface area contributed by atoms with E-state index in [2.05, 4.69) is 12.1 Å². The van der Waals surface area contributed by atoms with Crippen molar-refractivity contribution in [1.82, 2.24) is 0 Å². The molecule has 1 heterocycles. The molecule has 3 heteroatoms. The number of carbonyl (C=O) groups is 1. The lowest BCUT2D eigenvalue weighted by Crippen LogP contribution is -2.14. The van der Waals surface area contributed by atoms with Crippen LogP contribution in [-0.4, -0.2) is 13.1 Å². The van der Waals surface area contributed by atoms with Gasteiger partial charge in [-0.2, -0.15) is 0 Å². The van der Waals surface area contributed by atoms with Crippen LogP contribution >= 0.6 is 11.8 Å². The molecule has 0 spiro atoms. The van der Waals surface area contributed by atoms with E-state index in [1.807, 2.05) is 36.4 Å². The molecule has 1 atom stereocenters. The summed E-state index contributed by atoms with van der Waals surface area (Å²) >= 11 is 1.56. The standard InChI is InChI=1S/C15H12O2S/c1-17-15(16)14-12-8-3-2-6-10(12)11-7-4-5-9-13(11)18-14/h2-9,14H,1H3. The van der Waals surface area contributed by atoms with Crippen LogP contribution in [0.5, 0.6) is 0 Å². The number of fused-ring (bicyclic) bond motifs is 3. The van der Waals surface area contributed by atoms with Crippen LogP contribution in [0.3, 0.4) is 0 Å². The predicted molar refractivity (Wildman–Crippen MR) is 72.5 cm³/mol. The Morgan fingerprint density at radius 3 is 2.50 bits per heavy atom. The highest BCUT2D eigenvalue weighted by Gasteiger charge is 2.30. The number of carbonyl (C=O) groups excluding carboxylic acids is 1. The molecule has 0 saturated carbocycles. The number of rotatable bonds is 1. The fourth-order valence-corrected chi connectivity index (χ4v) is 3.48. The molecular formula is C15H12O2S. The van der Waals surface area contributed by atoms with Crippen LogP contribution in [0.15, 0.2) is 53.4 Å². The Hall–Kier alpha value is -1.74. The van der Waals surface area contributed by atoms with Gasteiger partial charge in [0.1, 0.15) is 5.25 Å². The summed E-state index contributed by atoms with van der Waals surface area (Å²) in [4.78, 5) is 13.0. The van der Waals surface area contributed by atoms with E-state index in [4.69, 9.17) is 4.74 Å². The maximum absolute atomic E-state index is 11.9. The second-order valence-corrected chi connectivity index (χ2v) is 5.25. The smallest absolute Gasteiger partial charge is 0.323 e. The minimum Gasteiger partial charge on any atom is -0.468 e. The Labute approximate surface area is 110 Å². The van der Waals surface area contributed by atoms with Gasteiger partial charge in [-0.1, -0.05) is 42.5 Å². The third-order valence-electron chi connectivity index (χ3n) is 3.08. The summed E-state index contributed by atoms with van der Waals surface area (Å²) in [5.74, 6) is -0.193. The first-order valence-corrected chi connectivity index (χ1v) is 6.62. The lowest BCUT2D eigenvalue weighted by Gasteiger charge is -2.25. The highest BCUT2D eigenvalue weighted by atomic mass is 32.2. The fourth-order valence-electron chi connectivity index (χ4n) is 2.24. The van der Waals surface area contributed by atoms with Crippen molar-refractivity contribution in [3.8, 4) is 11.1 Å². The predicted octanol–water partition coefficient (Wildman–Crippen LogP) is 3.67. The number of ether oxygens (including phenoxy) is 1. The van der Waals surface area contributed by atoms with Gasteiger partial charge in [-0.25, -0.2) is 0 Å². The van der Waals surface area contributed by atoms with E-state index in [-0.39, 0.29) is 11.2 Å². The number of hydrogen-bond acceptors (Lipinski definition) is 3. The summed E-state index contributed by atoms with van der Waals surface area (Å²) in [6, 6.07) is 16.2. The van der Waals surface area contributed by atoms with Gasteiger partial charge < -0.3 is 4.74 Å². The molecule has 0 aliphatic carbocycles. The van der Waals surface area contributed by atoms with Gasteiger partial charge in [0, 0.05) is 4.90 Å². The Bertz CT molecular complexity index is 607. The fraction of sp³-hybridized carbons (Fsp3) is 0.133. The highest BCUT2D eigenvalue weighted by molar-refractivity contribution is 8.00. The summed E-state index contributed by atoms with van der Waals surface area (Å²) in [6.45, 7) is 0. The molecule has 1 unspecified atom stereocenters. The maximum atomic E-state index is 11.9. The van der Waals surface area contributed by atoms with Gasteiger partial charge >= 0.3 is 5.97 Å². The molecule has 2 aromatic carbocycles. The molecule has 0 saturated heterocycles. The van der Waals surface area contributed by atoms with E-state index in [1.54, 1.807) is 11.8 Å². The van der Waals surface area contributed by atoms with Crippen molar-refractivity contribution in [2.45, 2.75) is 10.1 Å². The van der Waals surface area contributed by atoms with Crippen LogP contribution in [0, 0.1) is 0 Å². The van der Waals surface area contributed by atoms with Gasteiger partial charge in [0.15, 0.2) is 0 Å². The van der Waals surface area contributed by atoms with E-state index in [9.17, 15) is 4.79 Å². The SMILES string of the molecule is COC(=O)C1Sc2ccccc2-c2ccccc21. The summed E-state index contributed by atoms with van der Waals surface area (Å²) in [7, 11) is 1.44. The number of hydrogen-bond donors (Lipinski definition) is 0. The molecule has 0 amide bonds. The maximum Gasteiger partial charge on any atom is 0.323 e. The van der Waals surface area contributed by atoms with E-state index in [1.165, 1.54) is 12.7 Å². The molecule has 0 N–H and O–H groups in total. The lowest BCUT2D eigenvalue weighted by atomic mass is 9.97. The van der Waals surface area contributed by atoms with Crippen LogP contribution in [0.1, 0.15) is 10.8 Å². The number of esters is 1. The molecule has 0 aromatic heterocycles. The topological polar surface area (TPSA) is 26.3 Å². The van der Waals surface area contributed by atoms with Crippen LogP contribution in [0.25, 0.3) is 11.1 Å². The van der Waals surface area contributed by atoms with Crippen molar-refractivity contribution >= 4 is 17.7 Å². The van der Waals surface area contributed by atoms with Gasteiger partial charge in [-0.15, -0.1) is 11.8 Å². The molecule has 0 bridgehead atoms.